The second kappa shape index (κ2) is 4.96. The molecule has 0 radical (unpaired) electrons. The van der Waals surface area contributed by atoms with Crippen molar-refractivity contribution in [2.45, 2.75) is 11.8 Å². The van der Waals surface area contributed by atoms with E-state index in [1.807, 2.05) is 31.2 Å². The first kappa shape index (κ1) is 12.2. The summed E-state index contributed by atoms with van der Waals surface area (Å²) >= 11 is 3.46. The van der Waals surface area contributed by atoms with Crippen molar-refractivity contribution in [2.75, 3.05) is 0 Å². The molecule has 1 unspecified atom stereocenters. The highest BCUT2D eigenvalue weighted by Crippen LogP contribution is 2.34. The van der Waals surface area contributed by atoms with Gasteiger partial charge in [0.1, 0.15) is 11.6 Å². The molecule has 2 aromatic carbocycles. The maximum Gasteiger partial charge on any atom is 0.130 e. The van der Waals surface area contributed by atoms with Crippen molar-refractivity contribution in [3.05, 3.63) is 70.8 Å². The minimum atomic E-state index is -0.560. The number of benzene rings is 2. The van der Waals surface area contributed by atoms with E-state index in [2.05, 4.69) is 15.9 Å². The maximum absolute atomic E-state index is 13.6. The van der Waals surface area contributed by atoms with Crippen LogP contribution in [0.1, 0.15) is 21.5 Å². The predicted octanol–water partition coefficient (Wildman–Crippen LogP) is 4.76. The maximum atomic E-state index is 13.6. The Morgan fingerprint density at radius 3 is 2.35 bits per heavy atom. The number of halogens is 3. The lowest BCUT2D eigenvalue weighted by Gasteiger charge is -2.14. The van der Waals surface area contributed by atoms with Gasteiger partial charge in [-0.3, -0.25) is 0 Å². The molecule has 0 N–H and O–H groups in total. The number of aryl methyl sites for hydroxylation is 1. The molecular formula is C14H11BrF2. The minimum Gasteiger partial charge on any atom is -0.207 e. The molecule has 0 aliphatic heterocycles. The Labute approximate surface area is 107 Å². The third kappa shape index (κ3) is 2.55. The largest absolute Gasteiger partial charge is 0.207 e. The molecule has 0 aliphatic rings. The first-order valence-electron chi connectivity index (χ1n) is 5.24. The van der Waals surface area contributed by atoms with Crippen molar-refractivity contribution in [3.8, 4) is 0 Å². The van der Waals surface area contributed by atoms with Gasteiger partial charge in [-0.25, -0.2) is 8.78 Å². The van der Waals surface area contributed by atoms with Gasteiger partial charge >= 0.3 is 0 Å². The standard InChI is InChI=1S/C14H11BrF2/c1-9-4-2-3-5-11(9)14(15)12-7-6-10(16)8-13(12)17/h2-8,14H,1H3. The van der Waals surface area contributed by atoms with Crippen LogP contribution in [0, 0.1) is 18.6 Å². The Morgan fingerprint density at radius 1 is 1.00 bits per heavy atom. The lowest BCUT2D eigenvalue weighted by molar-refractivity contribution is 0.574. The van der Waals surface area contributed by atoms with Gasteiger partial charge in [-0.05, 0) is 24.1 Å². The van der Waals surface area contributed by atoms with E-state index >= 15 is 0 Å². The number of rotatable bonds is 2. The van der Waals surface area contributed by atoms with E-state index < -0.39 is 11.6 Å². The van der Waals surface area contributed by atoms with Crippen molar-refractivity contribution >= 4 is 15.9 Å². The summed E-state index contributed by atoms with van der Waals surface area (Å²) in [6, 6.07) is 11.4. The zero-order chi connectivity index (χ0) is 12.4. The zero-order valence-electron chi connectivity index (χ0n) is 9.25. The SMILES string of the molecule is Cc1ccccc1C(Br)c1ccc(F)cc1F. The third-order valence-electron chi connectivity index (χ3n) is 2.70. The van der Waals surface area contributed by atoms with E-state index in [1.54, 1.807) is 0 Å². The fourth-order valence-electron chi connectivity index (χ4n) is 1.75. The molecule has 0 bridgehead atoms. The highest BCUT2D eigenvalue weighted by atomic mass is 79.9. The molecule has 0 nitrogen and oxygen atoms in total. The molecule has 0 amide bonds. The molecule has 0 heterocycles. The Balaban J connectivity index is 2.44. The fourth-order valence-corrected chi connectivity index (χ4v) is 2.63. The zero-order valence-corrected chi connectivity index (χ0v) is 10.8. The molecule has 0 saturated carbocycles. The van der Waals surface area contributed by atoms with Crippen LogP contribution in [0.15, 0.2) is 42.5 Å². The lowest BCUT2D eigenvalue weighted by atomic mass is 10.0. The average Bonchev–Trinajstić information content (AvgIpc) is 2.29. The molecule has 3 heteroatoms. The third-order valence-corrected chi connectivity index (χ3v) is 3.68. The highest BCUT2D eigenvalue weighted by molar-refractivity contribution is 9.09. The van der Waals surface area contributed by atoms with E-state index in [0.29, 0.717) is 5.56 Å². The summed E-state index contributed by atoms with van der Waals surface area (Å²) in [5, 5.41) is 0. The molecule has 88 valence electrons. The summed E-state index contributed by atoms with van der Waals surface area (Å²) in [6.45, 7) is 1.96. The molecule has 0 aliphatic carbocycles. The first-order chi connectivity index (χ1) is 8.09. The Hall–Kier alpha value is -1.22. The van der Waals surface area contributed by atoms with E-state index in [0.717, 1.165) is 17.2 Å². The van der Waals surface area contributed by atoms with Gasteiger partial charge in [-0.15, -0.1) is 0 Å². The van der Waals surface area contributed by atoms with E-state index in [1.165, 1.54) is 12.1 Å². The Bertz CT molecular complexity index is 537. The van der Waals surface area contributed by atoms with Crippen LogP contribution >= 0.6 is 15.9 Å². The van der Waals surface area contributed by atoms with Gasteiger partial charge in [-0.2, -0.15) is 0 Å². The molecule has 2 rings (SSSR count). The summed E-state index contributed by atoms with van der Waals surface area (Å²) in [5.41, 5.74) is 2.50. The van der Waals surface area contributed by atoms with Gasteiger partial charge < -0.3 is 0 Å². The van der Waals surface area contributed by atoms with Crippen LogP contribution in [-0.2, 0) is 0 Å². The van der Waals surface area contributed by atoms with Crippen LogP contribution in [0.2, 0.25) is 0 Å². The van der Waals surface area contributed by atoms with E-state index in [9.17, 15) is 8.78 Å². The normalized spacial score (nSPS) is 12.5. The smallest absolute Gasteiger partial charge is 0.130 e. The summed E-state index contributed by atoms with van der Waals surface area (Å²) in [7, 11) is 0. The second-order valence-electron chi connectivity index (χ2n) is 3.88. The summed E-state index contributed by atoms with van der Waals surface area (Å²) in [5.74, 6) is -1.09. The van der Waals surface area contributed by atoms with Crippen LogP contribution in [0.4, 0.5) is 8.78 Å². The van der Waals surface area contributed by atoms with Crippen molar-refractivity contribution in [1.82, 2.24) is 0 Å². The lowest BCUT2D eigenvalue weighted by Crippen LogP contribution is -1.99. The van der Waals surface area contributed by atoms with Crippen molar-refractivity contribution < 1.29 is 8.78 Å². The first-order valence-corrected chi connectivity index (χ1v) is 6.15. The highest BCUT2D eigenvalue weighted by Gasteiger charge is 2.16. The molecule has 2 aromatic rings. The van der Waals surface area contributed by atoms with Gasteiger partial charge in [0.05, 0.1) is 4.83 Å². The van der Waals surface area contributed by atoms with Crippen LogP contribution < -0.4 is 0 Å². The van der Waals surface area contributed by atoms with E-state index in [-0.39, 0.29) is 4.83 Å². The predicted molar refractivity (Wildman–Crippen MR) is 68.3 cm³/mol. The quantitative estimate of drug-likeness (QED) is 0.701. The number of alkyl halides is 1. The number of hydrogen-bond donors (Lipinski definition) is 0. The topological polar surface area (TPSA) is 0 Å². The summed E-state index contributed by atoms with van der Waals surface area (Å²) in [4.78, 5) is -0.260. The van der Waals surface area contributed by atoms with Crippen LogP contribution in [0.3, 0.4) is 0 Å². The molecule has 0 saturated heterocycles. The minimum absolute atomic E-state index is 0.260. The molecule has 17 heavy (non-hydrogen) atoms. The van der Waals surface area contributed by atoms with Crippen molar-refractivity contribution in [3.63, 3.8) is 0 Å². The van der Waals surface area contributed by atoms with E-state index in [4.69, 9.17) is 0 Å². The molecular weight excluding hydrogens is 286 g/mol. The van der Waals surface area contributed by atoms with Gasteiger partial charge in [0.2, 0.25) is 0 Å². The summed E-state index contributed by atoms with van der Waals surface area (Å²) < 4.78 is 26.5. The Morgan fingerprint density at radius 2 is 1.71 bits per heavy atom. The summed E-state index contributed by atoms with van der Waals surface area (Å²) in [6.07, 6.45) is 0. The van der Waals surface area contributed by atoms with Crippen molar-refractivity contribution in [2.24, 2.45) is 0 Å². The van der Waals surface area contributed by atoms with Crippen molar-refractivity contribution in [1.29, 1.82) is 0 Å². The van der Waals surface area contributed by atoms with Gasteiger partial charge in [0.25, 0.3) is 0 Å². The number of hydrogen-bond acceptors (Lipinski definition) is 0. The molecule has 1 atom stereocenters. The Kier molecular flexibility index (Phi) is 3.57. The molecule has 0 aromatic heterocycles. The molecule has 0 fully saturated rings. The van der Waals surface area contributed by atoms with Crippen LogP contribution in [0.25, 0.3) is 0 Å². The van der Waals surface area contributed by atoms with Gasteiger partial charge in [-0.1, -0.05) is 46.3 Å². The average molecular weight is 297 g/mol. The second-order valence-corrected chi connectivity index (χ2v) is 4.80. The van der Waals surface area contributed by atoms with Crippen LogP contribution in [-0.4, -0.2) is 0 Å². The fraction of sp³-hybridized carbons (Fsp3) is 0.143. The van der Waals surface area contributed by atoms with Gasteiger partial charge in [0.15, 0.2) is 0 Å². The van der Waals surface area contributed by atoms with Gasteiger partial charge in [0, 0.05) is 11.6 Å². The monoisotopic (exact) mass is 296 g/mol. The molecule has 0 spiro atoms. The van der Waals surface area contributed by atoms with Crippen LogP contribution in [0.5, 0.6) is 0 Å².